The average molecular weight is 291 g/mol. The van der Waals surface area contributed by atoms with Crippen LogP contribution >= 0.6 is 11.3 Å². The third kappa shape index (κ3) is 2.14. The first kappa shape index (κ1) is 13.3. The largest absolute Gasteiger partial charge is 0.396 e. The highest BCUT2D eigenvalue weighted by Gasteiger charge is 2.29. The van der Waals surface area contributed by atoms with Crippen LogP contribution in [0.5, 0.6) is 0 Å². The average Bonchev–Trinajstić information content (AvgIpc) is 2.84. The molecule has 1 saturated heterocycles. The first-order chi connectivity index (χ1) is 9.72. The van der Waals surface area contributed by atoms with Gasteiger partial charge in [0.1, 0.15) is 10.4 Å². The Morgan fingerprint density at radius 3 is 3.15 bits per heavy atom. The normalized spacial score (nSPS) is 19.4. The van der Waals surface area contributed by atoms with Gasteiger partial charge < -0.3 is 15.7 Å². The minimum Gasteiger partial charge on any atom is -0.396 e. The topological polar surface area (TPSA) is 79.5 Å². The van der Waals surface area contributed by atoms with Crippen LogP contribution in [0.15, 0.2) is 18.3 Å². The van der Waals surface area contributed by atoms with E-state index in [0.717, 1.165) is 24.0 Å². The van der Waals surface area contributed by atoms with Crippen molar-refractivity contribution < 1.29 is 9.90 Å². The first-order valence-electron chi connectivity index (χ1n) is 6.77. The number of aromatic nitrogens is 1. The van der Waals surface area contributed by atoms with Crippen LogP contribution < -0.4 is 5.73 Å². The third-order valence-electron chi connectivity index (χ3n) is 3.78. The molecule has 0 spiro atoms. The van der Waals surface area contributed by atoms with Gasteiger partial charge in [-0.2, -0.15) is 0 Å². The van der Waals surface area contributed by atoms with Crippen molar-refractivity contribution in [3.05, 3.63) is 23.2 Å². The third-order valence-corrected chi connectivity index (χ3v) is 4.92. The van der Waals surface area contributed by atoms with Crippen molar-refractivity contribution in [3.8, 4) is 0 Å². The van der Waals surface area contributed by atoms with Crippen LogP contribution in [-0.2, 0) is 0 Å². The summed E-state index contributed by atoms with van der Waals surface area (Å²) >= 11 is 1.38. The molecule has 0 bridgehead atoms. The molecule has 1 amide bonds. The van der Waals surface area contributed by atoms with Crippen LogP contribution in [0.1, 0.15) is 28.9 Å². The number of carbonyl (C=O) groups is 1. The predicted octanol–water partition coefficient (Wildman–Crippen LogP) is 1.87. The number of hydrogen-bond donors (Lipinski definition) is 2. The summed E-state index contributed by atoms with van der Waals surface area (Å²) in [4.78, 5) is 19.2. The van der Waals surface area contributed by atoms with Crippen molar-refractivity contribution >= 4 is 33.1 Å². The van der Waals surface area contributed by atoms with Crippen LogP contribution in [0, 0.1) is 0 Å². The number of amides is 1. The van der Waals surface area contributed by atoms with E-state index < -0.39 is 0 Å². The molecule has 3 N–H and O–H groups in total. The molecular weight excluding hydrogens is 274 g/mol. The quantitative estimate of drug-likeness (QED) is 0.885. The van der Waals surface area contributed by atoms with E-state index in [1.54, 1.807) is 11.1 Å². The van der Waals surface area contributed by atoms with Crippen molar-refractivity contribution in [1.29, 1.82) is 0 Å². The second-order valence-electron chi connectivity index (χ2n) is 5.03. The molecule has 0 aromatic carbocycles. The van der Waals surface area contributed by atoms with Gasteiger partial charge in [-0.3, -0.25) is 9.78 Å². The summed E-state index contributed by atoms with van der Waals surface area (Å²) in [6.45, 7) is 0.694. The molecule has 2 aromatic rings. The number of aliphatic hydroxyl groups is 1. The molecule has 1 atom stereocenters. The summed E-state index contributed by atoms with van der Waals surface area (Å²) in [5, 5.41) is 9.43. The molecule has 6 heteroatoms. The zero-order chi connectivity index (χ0) is 14.1. The fourth-order valence-corrected chi connectivity index (χ4v) is 3.73. The van der Waals surface area contributed by atoms with Gasteiger partial charge in [0.05, 0.1) is 23.0 Å². The number of aliphatic hydroxyl groups excluding tert-OH is 1. The molecule has 20 heavy (non-hydrogen) atoms. The van der Waals surface area contributed by atoms with E-state index >= 15 is 0 Å². The number of nitrogens with zero attached hydrogens (tertiary/aromatic N) is 2. The van der Waals surface area contributed by atoms with E-state index in [4.69, 9.17) is 5.73 Å². The number of pyridine rings is 1. The summed E-state index contributed by atoms with van der Waals surface area (Å²) in [7, 11) is 0. The lowest BCUT2D eigenvalue weighted by atomic mass is 10.0. The van der Waals surface area contributed by atoms with Crippen molar-refractivity contribution in [2.24, 2.45) is 0 Å². The lowest BCUT2D eigenvalue weighted by molar-refractivity contribution is 0.0509. The minimum absolute atomic E-state index is 0.00872. The Labute approximate surface area is 121 Å². The number of nitrogen functional groups attached to an aromatic ring is 1. The van der Waals surface area contributed by atoms with Gasteiger partial charge in [-0.15, -0.1) is 11.3 Å². The van der Waals surface area contributed by atoms with Gasteiger partial charge in [0, 0.05) is 12.7 Å². The highest BCUT2D eigenvalue weighted by molar-refractivity contribution is 7.21. The molecule has 0 saturated carbocycles. The van der Waals surface area contributed by atoms with E-state index in [9.17, 15) is 9.90 Å². The number of likely N-dealkylation sites (tertiary alicyclic amines) is 1. The van der Waals surface area contributed by atoms with Crippen molar-refractivity contribution in [1.82, 2.24) is 9.88 Å². The number of piperidine rings is 1. The molecule has 0 radical (unpaired) electrons. The number of fused-ring (bicyclic) bond motifs is 1. The number of hydrogen-bond acceptors (Lipinski definition) is 5. The standard InChI is InChI=1S/C14H17N3O2S/c15-11-12-10(5-3-6-16-12)20-13(11)14(19)17-7-2-1-4-9(17)8-18/h3,5-6,9,18H,1-2,4,7-8,15H2. The first-order valence-corrected chi connectivity index (χ1v) is 7.59. The Balaban J connectivity index is 1.97. The van der Waals surface area contributed by atoms with Gasteiger partial charge in [-0.05, 0) is 31.4 Å². The van der Waals surface area contributed by atoms with Gasteiger partial charge in [-0.1, -0.05) is 0 Å². The second-order valence-corrected chi connectivity index (χ2v) is 6.08. The van der Waals surface area contributed by atoms with E-state index in [-0.39, 0.29) is 18.6 Å². The van der Waals surface area contributed by atoms with E-state index in [0.29, 0.717) is 22.6 Å². The molecule has 3 rings (SSSR count). The predicted molar refractivity (Wildman–Crippen MR) is 79.8 cm³/mol. The molecule has 1 unspecified atom stereocenters. The minimum atomic E-state index is -0.0891. The summed E-state index contributed by atoms with van der Waals surface area (Å²) in [5.41, 5.74) is 7.22. The van der Waals surface area contributed by atoms with Crippen molar-refractivity contribution in [2.45, 2.75) is 25.3 Å². The van der Waals surface area contributed by atoms with Crippen LogP contribution in [0.25, 0.3) is 10.2 Å². The number of anilines is 1. The van der Waals surface area contributed by atoms with Crippen LogP contribution in [0.2, 0.25) is 0 Å². The van der Waals surface area contributed by atoms with Crippen LogP contribution in [-0.4, -0.2) is 40.1 Å². The molecule has 1 aliphatic heterocycles. The monoisotopic (exact) mass is 291 g/mol. The van der Waals surface area contributed by atoms with E-state index in [1.807, 2.05) is 12.1 Å². The Morgan fingerprint density at radius 1 is 1.55 bits per heavy atom. The Morgan fingerprint density at radius 2 is 2.40 bits per heavy atom. The number of thiophene rings is 1. The van der Waals surface area contributed by atoms with E-state index in [1.165, 1.54) is 11.3 Å². The Hall–Kier alpha value is -1.66. The van der Waals surface area contributed by atoms with Gasteiger partial charge in [-0.25, -0.2) is 0 Å². The summed E-state index contributed by atoms with van der Waals surface area (Å²) in [6.07, 6.45) is 4.56. The highest BCUT2D eigenvalue weighted by Crippen LogP contribution is 2.33. The summed E-state index contributed by atoms with van der Waals surface area (Å²) < 4.78 is 0.922. The van der Waals surface area contributed by atoms with Gasteiger partial charge in [0.15, 0.2) is 0 Å². The Kier molecular flexibility index (Phi) is 3.58. The molecule has 1 fully saturated rings. The fourth-order valence-electron chi connectivity index (χ4n) is 2.69. The van der Waals surface area contributed by atoms with Crippen molar-refractivity contribution in [2.75, 3.05) is 18.9 Å². The number of carbonyl (C=O) groups excluding carboxylic acids is 1. The van der Waals surface area contributed by atoms with Gasteiger partial charge in [0.2, 0.25) is 0 Å². The zero-order valence-corrected chi connectivity index (χ0v) is 11.9. The Bertz CT molecular complexity index is 640. The van der Waals surface area contributed by atoms with Crippen LogP contribution in [0.3, 0.4) is 0 Å². The smallest absolute Gasteiger partial charge is 0.266 e. The van der Waals surface area contributed by atoms with Crippen LogP contribution in [0.4, 0.5) is 5.69 Å². The summed E-state index contributed by atoms with van der Waals surface area (Å²) in [5.74, 6) is -0.0794. The molecule has 0 aliphatic carbocycles. The highest BCUT2D eigenvalue weighted by atomic mass is 32.1. The lowest BCUT2D eigenvalue weighted by Gasteiger charge is -2.34. The molecule has 2 aromatic heterocycles. The number of nitrogens with two attached hydrogens (primary N) is 1. The fraction of sp³-hybridized carbons (Fsp3) is 0.429. The maximum atomic E-state index is 12.7. The molecule has 5 nitrogen and oxygen atoms in total. The van der Waals surface area contributed by atoms with Gasteiger partial charge >= 0.3 is 0 Å². The van der Waals surface area contributed by atoms with E-state index in [2.05, 4.69) is 4.98 Å². The maximum Gasteiger partial charge on any atom is 0.266 e. The summed E-state index contributed by atoms with van der Waals surface area (Å²) in [6, 6.07) is 3.66. The second kappa shape index (κ2) is 5.38. The van der Waals surface area contributed by atoms with Crippen molar-refractivity contribution in [3.63, 3.8) is 0 Å². The molecular formula is C14H17N3O2S. The lowest BCUT2D eigenvalue weighted by Crippen LogP contribution is -2.45. The SMILES string of the molecule is Nc1c(C(=O)N2CCCCC2CO)sc2cccnc12. The number of rotatable bonds is 2. The molecule has 3 heterocycles. The zero-order valence-electron chi connectivity index (χ0n) is 11.1. The maximum absolute atomic E-state index is 12.7. The molecule has 1 aliphatic rings. The molecule has 106 valence electrons. The van der Waals surface area contributed by atoms with Gasteiger partial charge in [0.25, 0.3) is 5.91 Å².